The first-order chi connectivity index (χ1) is 53.1. The molecule has 111 heavy (non-hydrogen) atoms. The fourth-order valence-electron chi connectivity index (χ4n) is 14.6. The predicted octanol–water partition coefficient (Wildman–Crippen LogP) is -5.39. The number of thiophene rings is 1. The van der Waals surface area contributed by atoms with Crippen molar-refractivity contribution in [2.24, 2.45) is 0 Å². The van der Waals surface area contributed by atoms with Crippen LogP contribution in [0, 0.1) is 0 Å². The van der Waals surface area contributed by atoms with Crippen molar-refractivity contribution < 1.29 is 158 Å². The number of hydrogen-bond donors (Lipinski definition) is 20. The second-order valence-corrected chi connectivity index (χ2v) is 29.9. The highest BCUT2D eigenvalue weighted by molar-refractivity contribution is 7.16. The Morgan fingerprint density at radius 1 is 0.613 bits per heavy atom. The third-order valence-corrected chi connectivity index (χ3v) is 21.7. The number of aromatic nitrogens is 2. The molecule has 4 amide bonds. The molecule has 2 unspecified atom stereocenters. The van der Waals surface area contributed by atoms with Gasteiger partial charge in [-0.05, 0) is 23.9 Å². The number of nitrogens with zero attached hydrogens (tertiary/aromatic N) is 4. The molecule has 2 aromatic rings. The number of anilines is 1. The largest absolute Gasteiger partial charge is 0.477 e. The van der Waals surface area contributed by atoms with Gasteiger partial charge in [-0.2, -0.15) is 0 Å². The second-order valence-electron chi connectivity index (χ2n) is 29.0. The Bertz CT molecular complexity index is 3200. The van der Waals surface area contributed by atoms with Crippen LogP contribution in [0.3, 0.4) is 0 Å². The van der Waals surface area contributed by atoms with E-state index in [4.69, 9.17) is 47.4 Å². The molecule has 632 valence electrons. The SMILES string of the molecule is CCCCCCCCCCCCCCCCCC(=O)N[C@@H](CO[C@@H]1O[C@H](CO)[C@@H](O[C@@H]2O[C@H](CO)[C@H](O[C@@H]3O[C@H](CO)[C@H](O)[C@H](O[C@@H]4O[C@H](CO)[C@H](O)[C@H](O)[C@H]4O)[C@H]3NC(C)=O)[C@H](O[C@]3(C(=O)O)C[C@H](O)C(NC(C)=O)C([C@H](O)[C@H](O)CO)O3)[C@H]2O)[C@H](O)[C@H]1O)[C@H](O)/C=C/C(=O)N1CCN(c2ncnc3sccc23)CC1. The van der Waals surface area contributed by atoms with Crippen LogP contribution in [0.2, 0.25) is 0 Å². The van der Waals surface area contributed by atoms with Crippen molar-refractivity contribution in [2.75, 3.05) is 70.7 Å². The standard InChI is InChI=1S/C71H115N7O32S/c1-4-5-6-7-8-9-10-11-12-13-14-15-16-17-18-19-47(89)76-39(40(86)20-21-48(90)77-23-25-78(26-24-77)64-38-22-27-111-65(38)73-35-72-64)34-101-67-57(97)55(95)59(45(32-82)104-67)106-69-58(98)63(110-71(70(99)100)28-41(87)49(74-36(2)84)62(109-71)51(91)42(88)29-79)60(46(33-83)105-69)107-66-50(75-37(3)85)61(53(93)44(31-81)102-66)108-68-56(96)54(94)52(92)43(30-80)103-68/h20-22,27,35,39-46,49-63,66-69,79-83,86-88,91-98H,4-19,23-26,28-34H2,1-3H3,(H,74,84)(H,75,85)(H,76,89)(H,99,100)/b21-20+/t39-,40+,41-,42+,43+,44+,45+,46+,49?,50+,51+,52-,53-,54-,55+,56+,57+,58+,59+,60-,61+,62?,63+,66-,67+,68-,69-,71-/m0/s1. The molecule has 0 spiro atoms. The molecular formula is C71H115N7O32S. The number of rotatable bonds is 42. The van der Waals surface area contributed by atoms with Crippen molar-refractivity contribution in [3.05, 3.63) is 29.9 Å². The molecule has 6 saturated heterocycles. The van der Waals surface area contributed by atoms with Gasteiger partial charge in [0.2, 0.25) is 23.6 Å². The Labute approximate surface area is 645 Å². The lowest BCUT2D eigenvalue weighted by molar-refractivity contribution is -0.403. The van der Waals surface area contributed by atoms with E-state index >= 15 is 0 Å². The van der Waals surface area contributed by atoms with Gasteiger partial charge in [0.15, 0.2) is 25.2 Å². The van der Waals surface area contributed by atoms with Crippen LogP contribution in [-0.4, -0.2) is 368 Å². The molecule has 28 atom stereocenters. The minimum Gasteiger partial charge on any atom is -0.477 e. The van der Waals surface area contributed by atoms with E-state index in [1.807, 2.05) is 16.3 Å². The molecule has 0 saturated carbocycles. The molecule has 6 aliphatic heterocycles. The summed E-state index contributed by atoms with van der Waals surface area (Å²) in [5.74, 6) is -7.65. The first-order valence-electron chi connectivity index (χ1n) is 38.2. The number of piperazine rings is 1. The molecule has 6 aliphatic rings. The minimum atomic E-state index is -3.41. The molecule has 2 aromatic heterocycles. The van der Waals surface area contributed by atoms with Crippen LogP contribution in [-0.2, 0) is 71.3 Å². The maximum absolute atomic E-state index is 13.9. The quantitative estimate of drug-likeness (QED) is 0.0218. The fraction of sp³-hybridized carbons (Fsp3) is 0.817. The summed E-state index contributed by atoms with van der Waals surface area (Å²) in [5, 5.41) is 200. The van der Waals surface area contributed by atoms with Gasteiger partial charge < -0.3 is 160 Å². The maximum Gasteiger partial charge on any atom is 0.364 e. The molecule has 6 fully saturated rings. The van der Waals surface area contributed by atoms with E-state index in [9.17, 15) is 111 Å². The molecule has 0 radical (unpaired) electrons. The number of unbranched alkanes of at least 4 members (excludes halogenated alkanes) is 14. The van der Waals surface area contributed by atoms with Crippen LogP contribution in [0.15, 0.2) is 29.9 Å². The van der Waals surface area contributed by atoms with E-state index in [2.05, 4.69) is 32.8 Å². The highest BCUT2D eigenvalue weighted by Crippen LogP contribution is 2.41. The van der Waals surface area contributed by atoms with Gasteiger partial charge in [-0.25, -0.2) is 14.8 Å². The number of amides is 4. The van der Waals surface area contributed by atoms with Crippen molar-refractivity contribution in [1.29, 1.82) is 0 Å². The van der Waals surface area contributed by atoms with E-state index in [0.29, 0.717) is 19.5 Å². The Kier molecular flexibility index (Phi) is 36.5. The zero-order valence-electron chi connectivity index (χ0n) is 62.5. The van der Waals surface area contributed by atoms with E-state index in [1.54, 1.807) is 4.90 Å². The number of aliphatic carboxylic acids is 1. The lowest BCUT2D eigenvalue weighted by Crippen LogP contribution is -2.72. The van der Waals surface area contributed by atoms with Crippen LogP contribution in [0.25, 0.3) is 10.2 Å². The van der Waals surface area contributed by atoms with Crippen LogP contribution in [0.4, 0.5) is 5.82 Å². The van der Waals surface area contributed by atoms with Crippen molar-refractivity contribution in [3.63, 3.8) is 0 Å². The summed E-state index contributed by atoms with van der Waals surface area (Å²) in [5.41, 5.74) is 0. The smallest absolute Gasteiger partial charge is 0.364 e. The number of ether oxygens (including phenoxy) is 10. The molecule has 0 aromatic carbocycles. The fourth-order valence-corrected chi connectivity index (χ4v) is 15.3. The van der Waals surface area contributed by atoms with Crippen molar-refractivity contribution in [2.45, 2.75) is 301 Å². The highest BCUT2D eigenvalue weighted by atomic mass is 32.1. The van der Waals surface area contributed by atoms with Gasteiger partial charge in [0.25, 0.3) is 5.79 Å². The number of carbonyl (C=O) groups is 5. The number of carboxylic acids is 1. The summed E-state index contributed by atoms with van der Waals surface area (Å²) in [6.45, 7) is -0.791. The van der Waals surface area contributed by atoms with Gasteiger partial charge in [0.05, 0.1) is 69.3 Å². The average Bonchev–Trinajstić information content (AvgIpc) is 0.941. The molecule has 8 rings (SSSR count). The Hall–Kier alpha value is -5.11. The summed E-state index contributed by atoms with van der Waals surface area (Å²) in [7, 11) is 0. The van der Waals surface area contributed by atoms with E-state index in [-0.39, 0.29) is 19.5 Å². The second kappa shape index (κ2) is 44.3. The van der Waals surface area contributed by atoms with Crippen molar-refractivity contribution in [1.82, 2.24) is 30.8 Å². The third-order valence-electron chi connectivity index (χ3n) is 20.8. The monoisotopic (exact) mass is 1610 g/mol. The van der Waals surface area contributed by atoms with Crippen LogP contribution in [0.5, 0.6) is 0 Å². The molecular weight excluding hydrogens is 1490 g/mol. The number of nitrogens with one attached hydrogen (secondary N) is 3. The zero-order valence-corrected chi connectivity index (χ0v) is 63.3. The van der Waals surface area contributed by atoms with Gasteiger partial charge >= 0.3 is 5.97 Å². The highest BCUT2D eigenvalue weighted by Gasteiger charge is 2.62. The summed E-state index contributed by atoms with van der Waals surface area (Å²) >= 11 is 1.47. The van der Waals surface area contributed by atoms with Crippen LogP contribution in [0.1, 0.15) is 130 Å². The van der Waals surface area contributed by atoms with E-state index < -0.39 is 247 Å². The summed E-state index contributed by atoms with van der Waals surface area (Å²) in [6.07, 6.45) is -31.5. The van der Waals surface area contributed by atoms with Crippen LogP contribution < -0.4 is 20.9 Å². The zero-order chi connectivity index (χ0) is 80.8. The Balaban J connectivity index is 1.01. The first-order valence-corrected chi connectivity index (χ1v) is 39.1. The van der Waals surface area contributed by atoms with E-state index in [0.717, 1.165) is 74.1 Å². The van der Waals surface area contributed by atoms with Gasteiger partial charge in [-0.3, -0.25) is 19.2 Å². The Morgan fingerprint density at radius 2 is 1.14 bits per heavy atom. The third kappa shape index (κ3) is 24.0. The molecule has 40 heteroatoms. The van der Waals surface area contributed by atoms with Gasteiger partial charge in [0, 0.05) is 58.9 Å². The Morgan fingerprint density at radius 3 is 1.74 bits per heavy atom. The number of aliphatic hydroxyl groups excluding tert-OH is 16. The van der Waals surface area contributed by atoms with Crippen LogP contribution >= 0.6 is 11.3 Å². The summed E-state index contributed by atoms with van der Waals surface area (Å²) in [6, 6.07) is -3.16. The predicted molar refractivity (Wildman–Crippen MR) is 383 cm³/mol. The molecule has 20 N–H and O–H groups in total. The lowest BCUT2D eigenvalue weighted by Gasteiger charge is -2.52. The minimum absolute atomic E-state index is 0.0320. The number of carbonyl (C=O) groups excluding carboxylic acids is 4. The summed E-state index contributed by atoms with van der Waals surface area (Å²) in [4.78, 5) is 80.1. The number of carboxylic acid groups (broad SMARTS) is 1. The topological polar surface area (TPSA) is 590 Å². The van der Waals surface area contributed by atoms with Gasteiger partial charge in [0.1, 0.15) is 133 Å². The number of fused-ring (bicyclic) bond motifs is 1. The molecule has 39 nitrogen and oxygen atoms in total. The molecule has 0 bridgehead atoms. The van der Waals surface area contributed by atoms with Crippen molar-refractivity contribution in [3.8, 4) is 0 Å². The normalized spacial score (nSPS) is 34.6. The molecule has 0 aliphatic carbocycles. The number of aliphatic hydroxyl groups is 16. The van der Waals surface area contributed by atoms with Gasteiger partial charge in [-0.1, -0.05) is 96.8 Å². The lowest BCUT2D eigenvalue weighted by atomic mass is 9.88. The average molecular weight is 1610 g/mol. The van der Waals surface area contributed by atoms with Crippen molar-refractivity contribution >= 4 is 57.0 Å². The number of hydrogen-bond acceptors (Lipinski definition) is 35. The first kappa shape index (κ1) is 91.4. The molecule has 8 heterocycles. The maximum atomic E-state index is 13.9. The summed E-state index contributed by atoms with van der Waals surface area (Å²) < 4.78 is 60.0. The van der Waals surface area contributed by atoms with E-state index in [1.165, 1.54) is 75.5 Å². The van der Waals surface area contributed by atoms with Gasteiger partial charge in [-0.15, -0.1) is 11.3 Å².